The number of nitrogens with one attached hydrogen (secondary N) is 1. The van der Waals surface area contributed by atoms with Gasteiger partial charge in [0, 0.05) is 17.9 Å². The maximum Gasteiger partial charge on any atom is 0.232 e. The van der Waals surface area contributed by atoms with Crippen molar-refractivity contribution in [3.63, 3.8) is 0 Å². The average molecular weight is 309 g/mol. The molecular weight excluding hydrogens is 282 g/mol. The predicted octanol–water partition coefficient (Wildman–Crippen LogP) is 3.93. The van der Waals surface area contributed by atoms with Crippen molar-refractivity contribution >= 4 is 17.7 Å². The van der Waals surface area contributed by atoms with Crippen molar-refractivity contribution in [3.05, 3.63) is 29.3 Å². The van der Waals surface area contributed by atoms with Gasteiger partial charge in [-0.1, -0.05) is 37.5 Å². The van der Waals surface area contributed by atoms with Crippen LogP contribution in [0.2, 0.25) is 0 Å². The van der Waals surface area contributed by atoms with Crippen molar-refractivity contribution in [1.82, 2.24) is 5.32 Å². The summed E-state index contributed by atoms with van der Waals surface area (Å²) in [5.41, 5.74) is 2.36. The third-order valence-corrected chi connectivity index (χ3v) is 4.57. The second-order valence-electron chi connectivity index (χ2n) is 5.27. The highest BCUT2D eigenvalue weighted by atomic mass is 32.2. The quantitative estimate of drug-likeness (QED) is 0.702. The third kappa shape index (κ3) is 6.42. The highest BCUT2D eigenvalue weighted by molar-refractivity contribution is 7.99. The molecule has 0 aliphatic heterocycles. The largest absolute Gasteiger partial charge is 0.496 e. The molecule has 118 valence electrons. The van der Waals surface area contributed by atoms with Crippen LogP contribution in [0.15, 0.2) is 18.2 Å². The standard InChI is InChI=1S/C17H27NO2S/c1-5-6-7-10-18-17(19)14(3)21-12-15-11-13(2)8-9-16(15)20-4/h8-9,11,14H,5-7,10,12H2,1-4H3,(H,18,19). The number of hydrogen-bond acceptors (Lipinski definition) is 3. The van der Waals surface area contributed by atoms with Crippen molar-refractivity contribution in [2.45, 2.75) is 51.0 Å². The molecule has 1 atom stereocenters. The summed E-state index contributed by atoms with van der Waals surface area (Å²) in [6.07, 6.45) is 3.40. The summed E-state index contributed by atoms with van der Waals surface area (Å²) >= 11 is 1.65. The first-order valence-corrected chi connectivity index (χ1v) is 8.66. The number of thioether (sulfide) groups is 1. The molecule has 1 amide bonds. The Bertz CT molecular complexity index is 448. The van der Waals surface area contributed by atoms with Gasteiger partial charge in [0.1, 0.15) is 5.75 Å². The van der Waals surface area contributed by atoms with Gasteiger partial charge in [-0.05, 0) is 26.3 Å². The Morgan fingerprint density at radius 3 is 2.81 bits per heavy atom. The Morgan fingerprint density at radius 1 is 1.38 bits per heavy atom. The maximum absolute atomic E-state index is 12.0. The van der Waals surface area contributed by atoms with E-state index in [1.54, 1.807) is 18.9 Å². The maximum atomic E-state index is 12.0. The lowest BCUT2D eigenvalue weighted by atomic mass is 10.1. The predicted molar refractivity (Wildman–Crippen MR) is 91.0 cm³/mol. The second kappa shape index (κ2) is 9.72. The first-order valence-electron chi connectivity index (χ1n) is 7.61. The van der Waals surface area contributed by atoms with Gasteiger partial charge in [0.2, 0.25) is 5.91 Å². The van der Waals surface area contributed by atoms with Crippen LogP contribution in [0, 0.1) is 6.92 Å². The molecule has 1 unspecified atom stereocenters. The highest BCUT2D eigenvalue weighted by Crippen LogP contribution is 2.26. The van der Waals surface area contributed by atoms with E-state index in [2.05, 4.69) is 25.2 Å². The van der Waals surface area contributed by atoms with Crippen molar-refractivity contribution < 1.29 is 9.53 Å². The molecule has 21 heavy (non-hydrogen) atoms. The van der Waals surface area contributed by atoms with Crippen molar-refractivity contribution in [2.75, 3.05) is 13.7 Å². The molecule has 3 nitrogen and oxygen atoms in total. The lowest BCUT2D eigenvalue weighted by molar-refractivity contribution is -0.120. The van der Waals surface area contributed by atoms with Crippen molar-refractivity contribution in [3.8, 4) is 5.75 Å². The summed E-state index contributed by atoms with van der Waals surface area (Å²) in [5.74, 6) is 1.81. The molecule has 0 bridgehead atoms. The summed E-state index contributed by atoms with van der Waals surface area (Å²) in [6, 6.07) is 6.15. The Balaban J connectivity index is 2.43. The van der Waals surface area contributed by atoms with E-state index in [0.717, 1.165) is 30.0 Å². The number of aryl methyl sites for hydroxylation is 1. The minimum absolute atomic E-state index is 0.0446. The van der Waals surface area contributed by atoms with E-state index >= 15 is 0 Å². The molecule has 0 saturated carbocycles. The zero-order chi connectivity index (χ0) is 15.7. The molecule has 4 heteroatoms. The Morgan fingerprint density at radius 2 is 2.14 bits per heavy atom. The SMILES string of the molecule is CCCCCNC(=O)C(C)SCc1cc(C)ccc1OC. The number of carbonyl (C=O) groups excluding carboxylic acids is 1. The molecule has 0 saturated heterocycles. The lowest BCUT2D eigenvalue weighted by Crippen LogP contribution is -2.31. The van der Waals surface area contributed by atoms with Crippen LogP contribution in [0.25, 0.3) is 0 Å². The number of methoxy groups -OCH3 is 1. The number of unbranched alkanes of at least 4 members (excludes halogenated alkanes) is 2. The summed E-state index contributed by atoms with van der Waals surface area (Å²) in [4.78, 5) is 12.0. The number of hydrogen-bond donors (Lipinski definition) is 1. The van der Waals surface area contributed by atoms with Gasteiger partial charge in [-0.3, -0.25) is 4.79 Å². The Hall–Kier alpha value is -1.16. The zero-order valence-electron chi connectivity index (χ0n) is 13.6. The molecule has 0 heterocycles. The topological polar surface area (TPSA) is 38.3 Å². The second-order valence-corrected chi connectivity index (χ2v) is 6.60. The zero-order valence-corrected chi connectivity index (χ0v) is 14.4. The van der Waals surface area contributed by atoms with E-state index in [-0.39, 0.29) is 11.2 Å². The van der Waals surface area contributed by atoms with Crippen LogP contribution in [0.3, 0.4) is 0 Å². The Kier molecular flexibility index (Phi) is 8.28. The van der Waals surface area contributed by atoms with Gasteiger partial charge in [-0.15, -0.1) is 11.8 Å². The molecule has 0 spiro atoms. The molecule has 1 rings (SSSR count). The van der Waals surface area contributed by atoms with Crippen LogP contribution in [-0.4, -0.2) is 24.8 Å². The minimum Gasteiger partial charge on any atom is -0.496 e. The van der Waals surface area contributed by atoms with E-state index in [1.807, 2.05) is 19.1 Å². The molecule has 1 aromatic carbocycles. The van der Waals surface area contributed by atoms with Gasteiger partial charge in [0.05, 0.1) is 12.4 Å². The molecule has 0 fully saturated rings. The first-order chi connectivity index (χ1) is 10.1. The lowest BCUT2D eigenvalue weighted by Gasteiger charge is -2.14. The van der Waals surface area contributed by atoms with Gasteiger partial charge in [0.15, 0.2) is 0 Å². The van der Waals surface area contributed by atoms with Crippen LogP contribution in [0.1, 0.15) is 44.2 Å². The van der Waals surface area contributed by atoms with Crippen molar-refractivity contribution in [1.29, 1.82) is 0 Å². The van der Waals surface area contributed by atoms with E-state index in [1.165, 1.54) is 18.4 Å². The summed E-state index contributed by atoms with van der Waals surface area (Å²) in [7, 11) is 1.68. The van der Waals surface area contributed by atoms with Gasteiger partial charge in [0.25, 0.3) is 0 Å². The minimum atomic E-state index is -0.0446. The fourth-order valence-corrected chi connectivity index (χ4v) is 2.93. The first kappa shape index (κ1) is 17.9. The van der Waals surface area contributed by atoms with Crippen molar-refractivity contribution in [2.24, 2.45) is 0 Å². The van der Waals surface area contributed by atoms with Crippen LogP contribution in [0.5, 0.6) is 5.75 Å². The molecular formula is C17H27NO2S. The number of ether oxygens (including phenoxy) is 1. The monoisotopic (exact) mass is 309 g/mol. The summed E-state index contributed by atoms with van der Waals surface area (Å²) in [6.45, 7) is 6.97. The number of rotatable bonds is 9. The van der Waals surface area contributed by atoms with Crippen LogP contribution in [0.4, 0.5) is 0 Å². The van der Waals surface area contributed by atoms with E-state index in [9.17, 15) is 4.79 Å². The third-order valence-electron chi connectivity index (χ3n) is 3.37. The van der Waals surface area contributed by atoms with Crippen LogP contribution < -0.4 is 10.1 Å². The van der Waals surface area contributed by atoms with E-state index in [0.29, 0.717) is 0 Å². The number of amides is 1. The number of carbonyl (C=O) groups is 1. The van der Waals surface area contributed by atoms with Gasteiger partial charge < -0.3 is 10.1 Å². The highest BCUT2D eigenvalue weighted by Gasteiger charge is 2.14. The van der Waals surface area contributed by atoms with E-state index < -0.39 is 0 Å². The molecule has 0 aliphatic carbocycles. The Labute approximate surface area is 132 Å². The molecule has 0 radical (unpaired) electrons. The molecule has 1 aromatic rings. The molecule has 1 N–H and O–H groups in total. The summed E-state index contributed by atoms with van der Waals surface area (Å²) < 4.78 is 5.37. The van der Waals surface area contributed by atoms with E-state index in [4.69, 9.17) is 4.74 Å². The van der Waals surface area contributed by atoms with Crippen LogP contribution >= 0.6 is 11.8 Å². The smallest absolute Gasteiger partial charge is 0.232 e. The number of benzene rings is 1. The van der Waals surface area contributed by atoms with Gasteiger partial charge in [-0.2, -0.15) is 0 Å². The average Bonchev–Trinajstić information content (AvgIpc) is 2.49. The van der Waals surface area contributed by atoms with Gasteiger partial charge >= 0.3 is 0 Å². The van der Waals surface area contributed by atoms with Gasteiger partial charge in [-0.25, -0.2) is 0 Å². The normalized spacial score (nSPS) is 12.0. The summed E-state index contributed by atoms with van der Waals surface area (Å²) in [5, 5.41) is 2.96. The van der Waals surface area contributed by atoms with Crippen LogP contribution in [-0.2, 0) is 10.5 Å². The fraction of sp³-hybridized carbons (Fsp3) is 0.588. The molecule has 0 aliphatic rings. The fourth-order valence-electron chi connectivity index (χ4n) is 2.04. The molecule has 0 aromatic heterocycles.